The third-order valence-electron chi connectivity index (χ3n) is 1.69. The lowest BCUT2D eigenvalue weighted by molar-refractivity contribution is 0.629. The number of aromatic nitrogens is 3. The van der Waals surface area contributed by atoms with Gasteiger partial charge in [-0.3, -0.25) is 4.98 Å². The van der Waals surface area contributed by atoms with Crippen LogP contribution < -0.4 is 5.69 Å². The van der Waals surface area contributed by atoms with Gasteiger partial charge < -0.3 is 0 Å². The number of hydrogen-bond donors (Lipinski definition) is 2. The maximum absolute atomic E-state index is 13.3. The van der Waals surface area contributed by atoms with E-state index in [1.54, 1.807) is 6.07 Å². The Bertz CT molecular complexity index is 519. The molecule has 0 unspecified atom stereocenters. The molecule has 2 aromatic rings. The first-order valence-corrected chi connectivity index (χ1v) is 4.56. The Hall–Kier alpha value is -1.43. The highest BCUT2D eigenvalue weighted by Crippen LogP contribution is 2.21. The van der Waals surface area contributed by atoms with Gasteiger partial charge in [0, 0.05) is 4.47 Å². The number of nitrogens with zero attached hydrogens (tertiary/aromatic N) is 1. The van der Waals surface area contributed by atoms with E-state index in [4.69, 9.17) is 0 Å². The highest BCUT2D eigenvalue weighted by molar-refractivity contribution is 9.10. The fourth-order valence-corrected chi connectivity index (χ4v) is 1.41. The Morgan fingerprint density at radius 1 is 1.43 bits per heavy atom. The van der Waals surface area contributed by atoms with Crippen LogP contribution in [-0.4, -0.2) is 15.2 Å². The molecule has 1 heterocycles. The Labute approximate surface area is 86.3 Å². The summed E-state index contributed by atoms with van der Waals surface area (Å²) in [5.74, 6) is -0.248. The summed E-state index contributed by atoms with van der Waals surface area (Å²) in [6.07, 6.45) is 0. The number of rotatable bonds is 1. The zero-order valence-electron chi connectivity index (χ0n) is 6.84. The quantitative estimate of drug-likeness (QED) is 0.817. The minimum atomic E-state index is -0.456. The van der Waals surface area contributed by atoms with Crippen molar-refractivity contribution in [1.82, 2.24) is 15.2 Å². The molecule has 14 heavy (non-hydrogen) atoms. The highest BCUT2D eigenvalue weighted by atomic mass is 79.9. The van der Waals surface area contributed by atoms with Crippen LogP contribution >= 0.6 is 15.9 Å². The van der Waals surface area contributed by atoms with Gasteiger partial charge in [-0.25, -0.2) is 14.3 Å². The second-order valence-electron chi connectivity index (χ2n) is 2.65. The molecule has 0 saturated heterocycles. The summed E-state index contributed by atoms with van der Waals surface area (Å²) in [6.45, 7) is 0. The first-order valence-electron chi connectivity index (χ1n) is 3.77. The van der Waals surface area contributed by atoms with E-state index in [9.17, 15) is 9.18 Å². The van der Waals surface area contributed by atoms with Crippen LogP contribution in [0.2, 0.25) is 0 Å². The van der Waals surface area contributed by atoms with Gasteiger partial charge in [-0.15, -0.1) is 0 Å². The van der Waals surface area contributed by atoms with E-state index in [1.807, 2.05) is 0 Å². The molecule has 0 spiro atoms. The average molecular weight is 258 g/mol. The van der Waals surface area contributed by atoms with Crippen molar-refractivity contribution in [2.24, 2.45) is 0 Å². The van der Waals surface area contributed by atoms with Crippen LogP contribution in [0, 0.1) is 5.82 Å². The van der Waals surface area contributed by atoms with Gasteiger partial charge in [-0.1, -0.05) is 15.9 Å². The van der Waals surface area contributed by atoms with Crippen molar-refractivity contribution in [3.63, 3.8) is 0 Å². The van der Waals surface area contributed by atoms with E-state index in [1.165, 1.54) is 12.1 Å². The lowest BCUT2D eigenvalue weighted by Crippen LogP contribution is -2.00. The lowest BCUT2D eigenvalue weighted by Gasteiger charge is -1.98. The Balaban J connectivity index is 2.57. The van der Waals surface area contributed by atoms with Crippen molar-refractivity contribution in [2.75, 3.05) is 0 Å². The van der Waals surface area contributed by atoms with Crippen molar-refractivity contribution in [3.8, 4) is 11.4 Å². The summed E-state index contributed by atoms with van der Waals surface area (Å²) in [5, 5.41) is 5.80. The minimum Gasteiger partial charge on any atom is -0.289 e. The monoisotopic (exact) mass is 257 g/mol. The molecule has 0 atom stereocenters. The number of hydrogen-bond acceptors (Lipinski definition) is 2. The lowest BCUT2D eigenvalue weighted by atomic mass is 10.2. The number of benzene rings is 1. The molecule has 0 aliphatic heterocycles. The van der Waals surface area contributed by atoms with Crippen molar-refractivity contribution >= 4 is 15.9 Å². The zero-order valence-corrected chi connectivity index (χ0v) is 8.43. The number of H-pyrrole nitrogens is 2. The van der Waals surface area contributed by atoms with E-state index in [0.29, 0.717) is 4.47 Å². The maximum atomic E-state index is 13.3. The van der Waals surface area contributed by atoms with Crippen molar-refractivity contribution in [3.05, 3.63) is 39.0 Å². The zero-order chi connectivity index (χ0) is 10.1. The molecule has 6 heteroatoms. The van der Waals surface area contributed by atoms with Crippen LogP contribution in [-0.2, 0) is 0 Å². The summed E-state index contributed by atoms with van der Waals surface area (Å²) in [4.78, 5) is 13.1. The molecule has 2 rings (SSSR count). The van der Waals surface area contributed by atoms with Gasteiger partial charge in [0.25, 0.3) is 0 Å². The fourth-order valence-electron chi connectivity index (χ4n) is 1.08. The molecule has 0 fully saturated rings. The fraction of sp³-hybridized carbons (Fsp3) is 0. The maximum Gasteiger partial charge on any atom is 0.340 e. The standard InChI is InChI=1S/C8H5BrFN3O/c9-4-1-2-5(6(10)3-4)7-11-8(14)13-12-7/h1-3H,(H2,11,12,13,14). The van der Waals surface area contributed by atoms with Gasteiger partial charge in [0.2, 0.25) is 0 Å². The largest absolute Gasteiger partial charge is 0.340 e. The second-order valence-corrected chi connectivity index (χ2v) is 3.57. The smallest absolute Gasteiger partial charge is 0.289 e. The molecule has 4 nitrogen and oxygen atoms in total. The van der Waals surface area contributed by atoms with Gasteiger partial charge in [0.1, 0.15) is 5.82 Å². The summed E-state index contributed by atoms with van der Waals surface area (Å²) < 4.78 is 14.0. The third-order valence-corrected chi connectivity index (χ3v) is 2.18. The van der Waals surface area contributed by atoms with E-state index < -0.39 is 11.5 Å². The van der Waals surface area contributed by atoms with E-state index in [-0.39, 0.29) is 11.4 Å². The van der Waals surface area contributed by atoms with Gasteiger partial charge >= 0.3 is 5.69 Å². The van der Waals surface area contributed by atoms with Gasteiger partial charge in [0.05, 0.1) is 5.56 Å². The number of aromatic amines is 2. The predicted molar refractivity (Wildman–Crippen MR) is 52.3 cm³/mol. The average Bonchev–Trinajstić information content (AvgIpc) is 2.51. The van der Waals surface area contributed by atoms with Gasteiger partial charge in [0.15, 0.2) is 5.82 Å². The molecule has 2 N–H and O–H groups in total. The Kier molecular flexibility index (Phi) is 2.20. The van der Waals surface area contributed by atoms with Crippen LogP contribution in [0.15, 0.2) is 27.5 Å². The molecule has 0 radical (unpaired) electrons. The molecule has 72 valence electrons. The van der Waals surface area contributed by atoms with Crippen LogP contribution in [0.3, 0.4) is 0 Å². The molecule has 1 aromatic carbocycles. The molecule has 0 aliphatic carbocycles. The molecule has 1 aromatic heterocycles. The number of halogens is 2. The normalized spacial score (nSPS) is 10.4. The summed E-state index contributed by atoms with van der Waals surface area (Å²) in [5.41, 5.74) is -0.200. The van der Waals surface area contributed by atoms with Crippen LogP contribution in [0.1, 0.15) is 0 Å². The SMILES string of the molecule is O=c1[nH]nc(-c2ccc(Br)cc2F)[nH]1. The summed E-state index contributed by atoms with van der Waals surface area (Å²) in [7, 11) is 0. The van der Waals surface area contributed by atoms with E-state index in [0.717, 1.165) is 0 Å². The third kappa shape index (κ3) is 1.60. The molecular weight excluding hydrogens is 253 g/mol. The summed E-state index contributed by atoms with van der Waals surface area (Å²) in [6, 6.07) is 4.51. The van der Waals surface area contributed by atoms with Crippen LogP contribution in [0.4, 0.5) is 4.39 Å². The minimum absolute atomic E-state index is 0.194. The Morgan fingerprint density at radius 2 is 2.21 bits per heavy atom. The molecule has 0 amide bonds. The second kappa shape index (κ2) is 3.38. The van der Waals surface area contributed by atoms with Gasteiger partial charge in [-0.2, -0.15) is 5.10 Å². The van der Waals surface area contributed by atoms with Crippen molar-refractivity contribution in [2.45, 2.75) is 0 Å². The van der Waals surface area contributed by atoms with Gasteiger partial charge in [-0.05, 0) is 18.2 Å². The topological polar surface area (TPSA) is 61.5 Å². The molecule has 0 saturated carbocycles. The summed E-state index contributed by atoms with van der Waals surface area (Å²) >= 11 is 3.13. The van der Waals surface area contributed by atoms with Crippen LogP contribution in [0.25, 0.3) is 11.4 Å². The van der Waals surface area contributed by atoms with E-state index >= 15 is 0 Å². The predicted octanol–water partition coefficient (Wildman–Crippen LogP) is 1.67. The first-order chi connectivity index (χ1) is 6.66. The van der Waals surface area contributed by atoms with Crippen LogP contribution in [0.5, 0.6) is 0 Å². The van der Waals surface area contributed by atoms with Crippen molar-refractivity contribution in [1.29, 1.82) is 0 Å². The molecule has 0 bridgehead atoms. The molecule has 0 aliphatic rings. The highest BCUT2D eigenvalue weighted by Gasteiger charge is 2.08. The van der Waals surface area contributed by atoms with Crippen molar-refractivity contribution < 1.29 is 4.39 Å². The number of nitrogens with one attached hydrogen (secondary N) is 2. The first kappa shape index (κ1) is 9.14. The molecular formula is C8H5BrFN3O. The van der Waals surface area contributed by atoms with E-state index in [2.05, 4.69) is 31.1 Å². The Morgan fingerprint density at radius 3 is 2.79 bits per heavy atom.